The van der Waals surface area contributed by atoms with Gasteiger partial charge in [-0.05, 0) is 33.0 Å². The molecular formula is C14H20N4O. The molecule has 0 aromatic carbocycles. The van der Waals surface area contributed by atoms with Gasteiger partial charge in [-0.25, -0.2) is 0 Å². The summed E-state index contributed by atoms with van der Waals surface area (Å²) < 4.78 is 0. The Labute approximate surface area is 113 Å². The largest absolute Gasteiger partial charge is 0.389 e. The Balaban J connectivity index is 2.13. The number of H-pyrrole nitrogens is 1. The van der Waals surface area contributed by atoms with Crippen molar-refractivity contribution in [3.63, 3.8) is 0 Å². The zero-order valence-electron chi connectivity index (χ0n) is 11.6. The Hall–Kier alpha value is -1.72. The molecule has 2 heterocycles. The van der Waals surface area contributed by atoms with Gasteiger partial charge in [-0.1, -0.05) is 0 Å². The SMILES string of the molecule is CN(Cc1cn[nH]c1-c1cccnc1)CC(C)(C)O. The van der Waals surface area contributed by atoms with Crippen molar-refractivity contribution in [2.75, 3.05) is 13.6 Å². The molecule has 0 amide bonds. The number of nitrogens with one attached hydrogen (secondary N) is 1. The van der Waals surface area contributed by atoms with Crippen LogP contribution in [0.2, 0.25) is 0 Å². The van der Waals surface area contributed by atoms with Gasteiger partial charge in [-0.3, -0.25) is 15.0 Å². The summed E-state index contributed by atoms with van der Waals surface area (Å²) in [6, 6.07) is 3.90. The fraction of sp³-hybridized carbons (Fsp3) is 0.429. The van der Waals surface area contributed by atoms with Gasteiger partial charge in [0.25, 0.3) is 0 Å². The van der Waals surface area contributed by atoms with Gasteiger partial charge < -0.3 is 5.11 Å². The summed E-state index contributed by atoms with van der Waals surface area (Å²) in [4.78, 5) is 6.19. The quantitative estimate of drug-likeness (QED) is 0.858. The van der Waals surface area contributed by atoms with E-state index in [-0.39, 0.29) is 0 Å². The van der Waals surface area contributed by atoms with Gasteiger partial charge in [0.2, 0.25) is 0 Å². The number of hydrogen-bond donors (Lipinski definition) is 2. The van der Waals surface area contributed by atoms with Gasteiger partial charge in [-0.15, -0.1) is 0 Å². The number of rotatable bonds is 5. The molecule has 5 nitrogen and oxygen atoms in total. The molecule has 0 fully saturated rings. The maximum atomic E-state index is 9.83. The van der Waals surface area contributed by atoms with E-state index in [1.807, 2.05) is 31.6 Å². The smallest absolute Gasteiger partial charge is 0.0718 e. The van der Waals surface area contributed by atoms with E-state index in [0.29, 0.717) is 6.54 Å². The molecule has 0 aliphatic carbocycles. The van der Waals surface area contributed by atoms with Crippen molar-refractivity contribution in [3.05, 3.63) is 36.3 Å². The van der Waals surface area contributed by atoms with Crippen LogP contribution in [-0.4, -0.2) is 44.4 Å². The lowest BCUT2D eigenvalue weighted by atomic mass is 10.1. The molecule has 0 radical (unpaired) electrons. The van der Waals surface area contributed by atoms with E-state index in [0.717, 1.165) is 23.4 Å². The monoisotopic (exact) mass is 260 g/mol. The fourth-order valence-corrected chi connectivity index (χ4v) is 2.20. The van der Waals surface area contributed by atoms with Crippen LogP contribution in [0.1, 0.15) is 19.4 Å². The topological polar surface area (TPSA) is 65.0 Å². The maximum absolute atomic E-state index is 9.83. The van der Waals surface area contributed by atoms with Crippen molar-refractivity contribution < 1.29 is 5.11 Å². The third-order valence-corrected chi connectivity index (χ3v) is 2.77. The summed E-state index contributed by atoms with van der Waals surface area (Å²) in [5.74, 6) is 0. The normalized spacial score (nSPS) is 12.1. The van der Waals surface area contributed by atoms with E-state index in [2.05, 4.69) is 20.1 Å². The number of aromatic nitrogens is 3. The van der Waals surface area contributed by atoms with Crippen molar-refractivity contribution in [2.45, 2.75) is 26.0 Å². The van der Waals surface area contributed by atoms with E-state index in [9.17, 15) is 5.11 Å². The lowest BCUT2D eigenvalue weighted by molar-refractivity contribution is 0.0425. The summed E-state index contributed by atoms with van der Waals surface area (Å²) in [5.41, 5.74) is 2.40. The lowest BCUT2D eigenvalue weighted by Crippen LogP contribution is -2.35. The molecule has 2 aromatic heterocycles. The number of aliphatic hydroxyl groups is 1. The zero-order chi connectivity index (χ0) is 13.9. The van der Waals surface area contributed by atoms with Crippen molar-refractivity contribution in [1.29, 1.82) is 0 Å². The van der Waals surface area contributed by atoms with Crippen LogP contribution in [0.5, 0.6) is 0 Å². The highest BCUT2D eigenvalue weighted by Crippen LogP contribution is 2.21. The minimum Gasteiger partial charge on any atom is -0.389 e. The zero-order valence-corrected chi connectivity index (χ0v) is 11.6. The highest BCUT2D eigenvalue weighted by atomic mass is 16.3. The first-order valence-electron chi connectivity index (χ1n) is 6.29. The first-order valence-corrected chi connectivity index (χ1v) is 6.29. The number of aromatic amines is 1. The molecule has 2 N–H and O–H groups in total. The van der Waals surface area contributed by atoms with Crippen molar-refractivity contribution in [2.24, 2.45) is 0 Å². The molecular weight excluding hydrogens is 240 g/mol. The van der Waals surface area contributed by atoms with E-state index >= 15 is 0 Å². The highest BCUT2D eigenvalue weighted by Gasteiger charge is 2.17. The predicted molar refractivity (Wildman–Crippen MR) is 74.5 cm³/mol. The summed E-state index contributed by atoms with van der Waals surface area (Å²) in [6.07, 6.45) is 5.39. The standard InChI is InChI=1S/C14H20N4O/c1-14(2,19)10-18(3)9-12-8-16-17-13(12)11-5-4-6-15-7-11/h4-8,19H,9-10H2,1-3H3,(H,16,17). The molecule has 0 aliphatic heterocycles. The maximum Gasteiger partial charge on any atom is 0.0718 e. The van der Waals surface area contributed by atoms with Gasteiger partial charge in [0.05, 0.1) is 17.5 Å². The first kappa shape index (κ1) is 13.7. The van der Waals surface area contributed by atoms with Crippen LogP contribution >= 0.6 is 0 Å². The van der Waals surface area contributed by atoms with Crippen LogP contribution in [-0.2, 0) is 6.54 Å². The molecule has 0 aliphatic rings. The van der Waals surface area contributed by atoms with E-state index < -0.39 is 5.60 Å². The average Bonchev–Trinajstić information content (AvgIpc) is 2.75. The molecule has 2 rings (SSSR count). The van der Waals surface area contributed by atoms with Gasteiger partial charge >= 0.3 is 0 Å². The average molecular weight is 260 g/mol. The van der Waals surface area contributed by atoms with Crippen LogP contribution in [0.25, 0.3) is 11.3 Å². The van der Waals surface area contributed by atoms with Crippen molar-refractivity contribution in [3.8, 4) is 11.3 Å². The Morgan fingerprint density at radius 2 is 2.16 bits per heavy atom. The lowest BCUT2D eigenvalue weighted by Gasteiger charge is -2.25. The Kier molecular flexibility index (Phi) is 3.97. The van der Waals surface area contributed by atoms with Crippen molar-refractivity contribution in [1.82, 2.24) is 20.1 Å². The van der Waals surface area contributed by atoms with E-state index in [1.54, 1.807) is 20.0 Å². The third-order valence-electron chi connectivity index (χ3n) is 2.77. The number of nitrogens with zero attached hydrogens (tertiary/aromatic N) is 3. The molecule has 2 aromatic rings. The first-order chi connectivity index (χ1) is 8.96. The molecule has 0 saturated carbocycles. The second-order valence-corrected chi connectivity index (χ2v) is 5.50. The summed E-state index contributed by atoms with van der Waals surface area (Å²) >= 11 is 0. The minimum atomic E-state index is -0.701. The summed E-state index contributed by atoms with van der Waals surface area (Å²) in [6.45, 7) is 4.94. The van der Waals surface area contributed by atoms with Crippen LogP contribution in [0, 0.1) is 0 Å². The van der Waals surface area contributed by atoms with Gasteiger partial charge in [-0.2, -0.15) is 5.10 Å². The summed E-state index contributed by atoms with van der Waals surface area (Å²) in [7, 11) is 1.98. The van der Waals surface area contributed by atoms with Gasteiger partial charge in [0.1, 0.15) is 0 Å². The molecule has 0 saturated heterocycles. The van der Waals surface area contributed by atoms with Gasteiger partial charge in [0, 0.05) is 36.6 Å². The van der Waals surface area contributed by atoms with Crippen LogP contribution < -0.4 is 0 Å². The fourth-order valence-electron chi connectivity index (χ4n) is 2.20. The summed E-state index contributed by atoms with van der Waals surface area (Å²) in [5, 5.41) is 16.9. The van der Waals surface area contributed by atoms with Crippen LogP contribution in [0.4, 0.5) is 0 Å². The molecule has 0 spiro atoms. The molecule has 0 atom stereocenters. The predicted octanol–water partition coefficient (Wildman–Crippen LogP) is 1.67. The molecule has 5 heteroatoms. The highest BCUT2D eigenvalue weighted by molar-refractivity contribution is 5.61. The van der Waals surface area contributed by atoms with Crippen LogP contribution in [0.3, 0.4) is 0 Å². The Morgan fingerprint density at radius 3 is 2.79 bits per heavy atom. The molecule has 0 unspecified atom stereocenters. The molecule has 0 bridgehead atoms. The number of pyridine rings is 1. The van der Waals surface area contributed by atoms with Crippen molar-refractivity contribution >= 4 is 0 Å². The third kappa shape index (κ3) is 3.87. The van der Waals surface area contributed by atoms with Crippen LogP contribution in [0.15, 0.2) is 30.7 Å². The molecule has 19 heavy (non-hydrogen) atoms. The number of hydrogen-bond acceptors (Lipinski definition) is 4. The number of likely N-dealkylation sites (N-methyl/N-ethyl adjacent to an activating group) is 1. The minimum absolute atomic E-state index is 0.602. The second kappa shape index (κ2) is 5.50. The Morgan fingerprint density at radius 1 is 1.37 bits per heavy atom. The molecule has 102 valence electrons. The van der Waals surface area contributed by atoms with E-state index in [4.69, 9.17) is 0 Å². The second-order valence-electron chi connectivity index (χ2n) is 5.50. The van der Waals surface area contributed by atoms with E-state index in [1.165, 1.54) is 0 Å². The van der Waals surface area contributed by atoms with Gasteiger partial charge in [0.15, 0.2) is 0 Å². The Bertz CT molecular complexity index is 516.